The van der Waals surface area contributed by atoms with E-state index in [1.54, 1.807) is 6.26 Å². The largest absolute Gasteiger partial charge is 0.468 e. The molecule has 84 valence electrons. The fraction of sp³-hybridized carbons (Fsp3) is 0.636. The Bertz CT molecular complexity index is 258. The summed E-state index contributed by atoms with van der Waals surface area (Å²) >= 11 is 2.06. The monoisotopic (exact) mass is 226 g/mol. The zero-order valence-electron chi connectivity index (χ0n) is 8.95. The first-order chi connectivity index (χ1) is 7.45. The third-order valence-corrected chi connectivity index (χ3v) is 3.53. The van der Waals surface area contributed by atoms with Gasteiger partial charge >= 0.3 is 0 Å². The van der Waals surface area contributed by atoms with Gasteiger partial charge < -0.3 is 14.6 Å². The maximum absolute atomic E-state index is 5.25. The van der Waals surface area contributed by atoms with Crippen molar-refractivity contribution in [3.05, 3.63) is 24.2 Å². The molecule has 1 N–H and O–H groups in total. The molecule has 1 aliphatic heterocycles. The van der Waals surface area contributed by atoms with Crippen molar-refractivity contribution in [3.8, 4) is 0 Å². The molecule has 0 radical (unpaired) electrons. The first-order valence-corrected chi connectivity index (χ1v) is 6.64. The Kier molecular flexibility index (Phi) is 4.57. The molecule has 0 bridgehead atoms. The van der Waals surface area contributed by atoms with Gasteiger partial charge in [-0.05, 0) is 12.1 Å². The van der Waals surface area contributed by atoms with E-state index in [-0.39, 0.29) is 0 Å². The standard InChI is InChI=1S/C11H18N2OS/c1-2-11(14-7-1)10-12-3-4-13-5-8-15-9-6-13/h1-2,7,12H,3-6,8-10H2. The van der Waals surface area contributed by atoms with Crippen molar-refractivity contribution < 1.29 is 4.42 Å². The molecule has 1 saturated heterocycles. The number of nitrogens with zero attached hydrogens (tertiary/aromatic N) is 1. The Morgan fingerprint density at radius 2 is 2.27 bits per heavy atom. The van der Waals surface area contributed by atoms with Crippen LogP contribution in [0, 0.1) is 0 Å². The summed E-state index contributed by atoms with van der Waals surface area (Å²) in [5, 5.41) is 3.39. The average Bonchev–Trinajstić information content (AvgIpc) is 2.79. The molecule has 1 aromatic rings. The van der Waals surface area contributed by atoms with Gasteiger partial charge in [-0.15, -0.1) is 0 Å². The Hall–Kier alpha value is -0.450. The minimum Gasteiger partial charge on any atom is -0.468 e. The van der Waals surface area contributed by atoms with E-state index >= 15 is 0 Å². The SMILES string of the molecule is c1coc(CNCCN2CCSCC2)c1. The highest BCUT2D eigenvalue weighted by atomic mass is 32.2. The lowest BCUT2D eigenvalue weighted by atomic mass is 10.4. The van der Waals surface area contributed by atoms with Crippen LogP contribution in [0.15, 0.2) is 22.8 Å². The molecule has 15 heavy (non-hydrogen) atoms. The smallest absolute Gasteiger partial charge is 0.117 e. The predicted octanol–water partition coefficient (Wildman–Crippen LogP) is 1.42. The van der Waals surface area contributed by atoms with Crippen LogP contribution in [0.3, 0.4) is 0 Å². The third kappa shape index (κ3) is 3.89. The third-order valence-electron chi connectivity index (χ3n) is 2.59. The quantitative estimate of drug-likeness (QED) is 0.769. The van der Waals surface area contributed by atoms with Gasteiger partial charge in [-0.25, -0.2) is 0 Å². The molecule has 1 fully saturated rings. The van der Waals surface area contributed by atoms with Crippen molar-refractivity contribution in [1.29, 1.82) is 0 Å². The van der Waals surface area contributed by atoms with Crippen molar-refractivity contribution in [2.45, 2.75) is 6.54 Å². The van der Waals surface area contributed by atoms with E-state index in [4.69, 9.17) is 4.42 Å². The predicted molar refractivity (Wildman–Crippen MR) is 64.2 cm³/mol. The fourth-order valence-corrected chi connectivity index (χ4v) is 2.67. The van der Waals surface area contributed by atoms with Crippen molar-refractivity contribution >= 4 is 11.8 Å². The molecule has 0 aliphatic carbocycles. The van der Waals surface area contributed by atoms with Crippen molar-refractivity contribution in [3.63, 3.8) is 0 Å². The van der Waals surface area contributed by atoms with E-state index in [1.165, 1.54) is 24.6 Å². The van der Waals surface area contributed by atoms with E-state index in [2.05, 4.69) is 22.0 Å². The highest BCUT2D eigenvalue weighted by molar-refractivity contribution is 7.99. The molecule has 3 nitrogen and oxygen atoms in total. The summed E-state index contributed by atoms with van der Waals surface area (Å²) < 4.78 is 5.25. The lowest BCUT2D eigenvalue weighted by Crippen LogP contribution is -2.37. The number of furan rings is 1. The molecule has 0 amide bonds. The van der Waals surface area contributed by atoms with Crippen LogP contribution in [-0.2, 0) is 6.54 Å². The summed E-state index contributed by atoms with van der Waals surface area (Å²) in [5.74, 6) is 3.60. The molecule has 0 saturated carbocycles. The average molecular weight is 226 g/mol. The van der Waals surface area contributed by atoms with Gasteiger partial charge in [-0.1, -0.05) is 0 Å². The van der Waals surface area contributed by atoms with E-state index in [1.807, 2.05) is 12.1 Å². The second-order valence-corrected chi connectivity index (χ2v) is 4.93. The number of hydrogen-bond donors (Lipinski definition) is 1. The van der Waals surface area contributed by atoms with Crippen LogP contribution in [0.2, 0.25) is 0 Å². The minimum absolute atomic E-state index is 0.843. The number of thioether (sulfide) groups is 1. The van der Waals surface area contributed by atoms with Crippen LogP contribution >= 0.6 is 11.8 Å². The van der Waals surface area contributed by atoms with Crippen LogP contribution in [0.5, 0.6) is 0 Å². The van der Waals surface area contributed by atoms with Crippen LogP contribution in [-0.4, -0.2) is 42.6 Å². The van der Waals surface area contributed by atoms with Crippen LogP contribution in [0.4, 0.5) is 0 Å². The molecule has 0 spiro atoms. The minimum atomic E-state index is 0.843. The Morgan fingerprint density at radius 3 is 3.00 bits per heavy atom. The first kappa shape index (κ1) is 11.0. The maximum Gasteiger partial charge on any atom is 0.117 e. The molecule has 2 rings (SSSR count). The van der Waals surface area contributed by atoms with Crippen LogP contribution in [0.25, 0.3) is 0 Å². The molecule has 0 unspecified atom stereocenters. The molecular formula is C11H18N2OS. The van der Waals surface area contributed by atoms with Gasteiger partial charge in [0.25, 0.3) is 0 Å². The molecular weight excluding hydrogens is 208 g/mol. The normalized spacial score (nSPS) is 18.1. The lowest BCUT2D eigenvalue weighted by Gasteiger charge is -2.25. The van der Waals surface area contributed by atoms with Gasteiger partial charge in [0.05, 0.1) is 12.8 Å². The Balaban J connectivity index is 1.54. The Morgan fingerprint density at radius 1 is 1.40 bits per heavy atom. The van der Waals surface area contributed by atoms with Gasteiger partial charge in [-0.2, -0.15) is 11.8 Å². The summed E-state index contributed by atoms with van der Waals surface area (Å²) in [6.07, 6.45) is 1.72. The second-order valence-electron chi connectivity index (χ2n) is 3.71. The second kappa shape index (κ2) is 6.20. The summed E-state index contributed by atoms with van der Waals surface area (Å²) in [5.41, 5.74) is 0. The molecule has 1 aliphatic rings. The first-order valence-electron chi connectivity index (χ1n) is 5.48. The van der Waals surface area contributed by atoms with Gasteiger partial charge in [0.2, 0.25) is 0 Å². The Labute approximate surface area is 95.2 Å². The summed E-state index contributed by atoms with van der Waals surface area (Å²) in [6.45, 7) is 5.53. The number of hydrogen-bond acceptors (Lipinski definition) is 4. The maximum atomic E-state index is 5.25. The highest BCUT2D eigenvalue weighted by Gasteiger charge is 2.08. The molecule has 4 heteroatoms. The van der Waals surface area contributed by atoms with Gasteiger partial charge in [-0.3, -0.25) is 0 Å². The zero-order valence-corrected chi connectivity index (χ0v) is 9.76. The fourth-order valence-electron chi connectivity index (χ4n) is 1.69. The molecule has 1 aromatic heterocycles. The van der Waals surface area contributed by atoms with Crippen LogP contribution < -0.4 is 5.32 Å². The summed E-state index contributed by atoms with van der Waals surface area (Å²) in [6, 6.07) is 3.93. The molecule has 0 aromatic carbocycles. The topological polar surface area (TPSA) is 28.4 Å². The number of nitrogens with one attached hydrogen (secondary N) is 1. The molecule has 2 heterocycles. The van der Waals surface area contributed by atoms with E-state index in [0.29, 0.717) is 0 Å². The van der Waals surface area contributed by atoms with Crippen molar-refractivity contribution in [1.82, 2.24) is 10.2 Å². The summed E-state index contributed by atoms with van der Waals surface area (Å²) in [4.78, 5) is 2.52. The molecule has 0 atom stereocenters. The van der Waals surface area contributed by atoms with Crippen LogP contribution in [0.1, 0.15) is 5.76 Å². The lowest BCUT2D eigenvalue weighted by molar-refractivity contribution is 0.299. The van der Waals surface area contributed by atoms with E-state index < -0.39 is 0 Å². The summed E-state index contributed by atoms with van der Waals surface area (Å²) in [7, 11) is 0. The van der Waals surface area contributed by atoms with Gasteiger partial charge in [0.1, 0.15) is 5.76 Å². The van der Waals surface area contributed by atoms with E-state index in [0.717, 1.165) is 25.4 Å². The van der Waals surface area contributed by atoms with Gasteiger partial charge in [0, 0.05) is 37.7 Å². The highest BCUT2D eigenvalue weighted by Crippen LogP contribution is 2.07. The number of rotatable bonds is 5. The van der Waals surface area contributed by atoms with Crippen molar-refractivity contribution in [2.75, 3.05) is 37.7 Å². The van der Waals surface area contributed by atoms with Crippen molar-refractivity contribution in [2.24, 2.45) is 0 Å². The van der Waals surface area contributed by atoms with Gasteiger partial charge in [0.15, 0.2) is 0 Å². The van der Waals surface area contributed by atoms with E-state index in [9.17, 15) is 0 Å². The zero-order chi connectivity index (χ0) is 10.3.